The zero-order chi connectivity index (χ0) is 12.2. The molecule has 0 radical (unpaired) electrons. The average molecular weight is 233 g/mol. The van der Waals surface area contributed by atoms with Crippen LogP contribution in [0.25, 0.3) is 0 Å². The van der Waals surface area contributed by atoms with E-state index in [0.29, 0.717) is 13.1 Å². The first-order valence-corrected chi connectivity index (χ1v) is 5.73. The van der Waals surface area contributed by atoms with Crippen molar-refractivity contribution in [2.75, 3.05) is 39.5 Å². The van der Waals surface area contributed by atoms with Gasteiger partial charge >= 0.3 is 0 Å². The van der Waals surface area contributed by atoms with Crippen LogP contribution in [0, 0.1) is 5.41 Å². The van der Waals surface area contributed by atoms with Crippen LogP contribution >= 0.6 is 0 Å². The maximum Gasteiger partial charge on any atom is 0.0936 e. The van der Waals surface area contributed by atoms with Gasteiger partial charge in [0.1, 0.15) is 0 Å². The van der Waals surface area contributed by atoms with E-state index in [4.69, 9.17) is 9.84 Å². The zero-order valence-electron chi connectivity index (χ0n) is 10.1. The Balaban J connectivity index is 2.52. The second kappa shape index (κ2) is 5.93. The fourth-order valence-electron chi connectivity index (χ4n) is 2.06. The van der Waals surface area contributed by atoms with Crippen molar-refractivity contribution in [2.24, 2.45) is 5.41 Å². The van der Waals surface area contributed by atoms with Crippen molar-refractivity contribution in [3.05, 3.63) is 0 Å². The summed E-state index contributed by atoms with van der Waals surface area (Å²) in [5, 5.41) is 27.6. The number of aliphatic hydroxyl groups excluding tert-OH is 3. The summed E-state index contributed by atoms with van der Waals surface area (Å²) in [6.07, 6.45) is -0.0853. The van der Waals surface area contributed by atoms with Crippen molar-refractivity contribution in [3.63, 3.8) is 0 Å². The Labute approximate surface area is 96.6 Å². The Morgan fingerprint density at radius 2 is 1.88 bits per heavy atom. The van der Waals surface area contributed by atoms with Gasteiger partial charge in [-0.1, -0.05) is 6.92 Å². The molecule has 0 bridgehead atoms. The fourth-order valence-corrected chi connectivity index (χ4v) is 2.06. The summed E-state index contributed by atoms with van der Waals surface area (Å²) in [6.45, 7) is 5.77. The van der Waals surface area contributed by atoms with Crippen molar-refractivity contribution in [1.29, 1.82) is 0 Å². The van der Waals surface area contributed by atoms with E-state index in [0.717, 1.165) is 6.54 Å². The minimum atomic E-state index is -0.489. The largest absolute Gasteiger partial charge is 0.396 e. The van der Waals surface area contributed by atoms with Crippen molar-refractivity contribution in [2.45, 2.75) is 26.1 Å². The Bertz CT molecular complexity index is 208. The number of aliphatic hydroxyl groups is 3. The molecule has 0 amide bonds. The normalized spacial score (nSPS) is 28.3. The molecule has 3 N–H and O–H groups in total. The number of hydrogen-bond donors (Lipinski definition) is 3. The topological polar surface area (TPSA) is 73.2 Å². The summed E-state index contributed by atoms with van der Waals surface area (Å²) in [4.78, 5) is 2.13. The molecule has 1 saturated heterocycles. The van der Waals surface area contributed by atoms with Crippen molar-refractivity contribution >= 4 is 0 Å². The minimum Gasteiger partial charge on any atom is -0.396 e. The van der Waals surface area contributed by atoms with Gasteiger partial charge in [0, 0.05) is 25.0 Å². The van der Waals surface area contributed by atoms with E-state index >= 15 is 0 Å². The van der Waals surface area contributed by atoms with Gasteiger partial charge in [-0.3, -0.25) is 4.90 Å². The lowest BCUT2D eigenvalue weighted by Crippen LogP contribution is -2.52. The molecule has 0 aliphatic carbocycles. The van der Waals surface area contributed by atoms with Gasteiger partial charge in [-0.15, -0.1) is 0 Å². The molecule has 1 rings (SSSR count). The molecule has 16 heavy (non-hydrogen) atoms. The van der Waals surface area contributed by atoms with Gasteiger partial charge in [-0.05, 0) is 6.92 Å². The quantitative estimate of drug-likeness (QED) is 0.571. The summed E-state index contributed by atoms with van der Waals surface area (Å²) >= 11 is 0. The van der Waals surface area contributed by atoms with Crippen LogP contribution < -0.4 is 0 Å². The lowest BCUT2D eigenvalue weighted by Gasteiger charge is -2.40. The monoisotopic (exact) mass is 233 g/mol. The first-order valence-electron chi connectivity index (χ1n) is 5.73. The van der Waals surface area contributed by atoms with E-state index in [-0.39, 0.29) is 32.0 Å². The highest BCUT2D eigenvalue weighted by atomic mass is 16.5. The Hall–Kier alpha value is -0.200. The molecule has 1 aliphatic rings. The van der Waals surface area contributed by atoms with Gasteiger partial charge in [0.2, 0.25) is 0 Å². The van der Waals surface area contributed by atoms with Crippen LogP contribution in [0.2, 0.25) is 0 Å². The molecule has 0 aromatic rings. The average Bonchev–Trinajstić information content (AvgIpc) is 2.28. The van der Waals surface area contributed by atoms with Crippen LogP contribution in [-0.2, 0) is 4.74 Å². The zero-order valence-corrected chi connectivity index (χ0v) is 10.1. The molecule has 0 saturated carbocycles. The standard InChI is InChI=1S/C11H23NO4/c1-9-3-12(4-10(5-13)16-9)6-11(2,7-14)8-15/h9-10,13-15H,3-8H2,1-2H3. The number of ether oxygens (including phenoxy) is 1. The smallest absolute Gasteiger partial charge is 0.0936 e. The molecule has 1 heterocycles. The molecule has 5 heteroatoms. The van der Waals surface area contributed by atoms with E-state index in [9.17, 15) is 10.2 Å². The number of rotatable bonds is 5. The Morgan fingerprint density at radius 3 is 2.38 bits per heavy atom. The Morgan fingerprint density at radius 1 is 1.25 bits per heavy atom. The molecule has 96 valence electrons. The maximum absolute atomic E-state index is 9.24. The molecule has 0 aromatic heterocycles. The predicted molar refractivity (Wildman–Crippen MR) is 60.1 cm³/mol. The van der Waals surface area contributed by atoms with Crippen molar-refractivity contribution in [1.82, 2.24) is 4.90 Å². The second-order valence-corrected chi connectivity index (χ2v) is 5.07. The highest BCUT2D eigenvalue weighted by Crippen LogP contribution is 2.19. The third-order valence-corrected chi connectivity index (χ3v) is 2.97. The summed E-state index contributed by atoms with van der Waals surface area (Å²) < 4.78 is 5.53. The molecule has 2 atom stereocenters. The van der Waals surface area contributed by atoms with Crippen LogP contribution in [0.3, 0.4) is 0 Å². The van der Waals surface area contributed by atoms with Crippen LogP contribution in [0.1, 0.15) is 13.8 Å². The summed E-state index contributed by atoms with van der Waals surface area (Å²) in [7, 11) is 0. The highest BCUT2D eigenvalue weighted by Gasteiger charge is 2.31. The minimum absolute atomic E-state index is 0.00973. The first kappa shape index (κ1) is 13.9. The fraction of sp³-hybridized carbons (Fsp3) is 1.00. The van der Waals surface area contributed by atoms with E-state index in [1.54, 1.807) is 0 Å². The molecule has 5 nitrogen and oxygen atoms in total. The third kappa shape index (κ3) is 3.68. The number of hydrogen-bond acceptors (Lipinski definition) is 5. The summed E-state index contributed by atoms with van der Waals surface area (Å²) in [5.41, 5.74) is -0.489. The van der Waals surface area contributed by atoms with E-state index in [1.165, 1.54) is 0 Å². The second-order valence-electron chi connectivity index (χ2n) is 5.07. The van der Waals surface area contributed by atoms with Gasteiger partial charge in [-0.2, -0.15) is 0 Å². The molecule has 0 spiro atoms. The van der Waals surface area contributed by atoms with E-state index in [1.807, 2.05) is 13.8 Å². The van der Waals surface area contributed by atoms with Crippen LogP contribution in [-0.4, -0.2) is 71.9 Å². The maximum atomic E-state index is 9.24. The van der Waals surface area contributed by atoms with Crippen LogP contribution in [0.15, 0.2) is 0 Å². The first-order chi connectivity index (χ1) is 7.53. The molecule has 0 aromatic carbocycles. The van der Waals surface area contributed by atoms with Gasteiger partial charge in [-0.25, -0.2) is 0 Å². The molecule has 2 unspecified atom stereocenters. The molecule has 1 aliphatic heterocycles. The lowest BCUT2D eigenvalue weighted by atomic mass is 9.92. The highest BCUT2D eigenvalue weighted by molar-refractivity contribution is 4.82. The summed E-state index contributed by atoms with van der Waals surface area (Å²) in [6, 6.07) is 0. The van der Waals surface area contributed by atoms with Gasteiger partial charge in [0.25, 0.3) is 0 Å². The van der Waals surface area contributed by atoms with Crippen LogP contribution in [0.4, 0.5) is 0 Å². The molecular weight excluding hydrogens is 210 g/mol. The lowest BCUT2D eigenvalue weighted by molar-refractivity contribution is -0.107. The Kier molecular flexibility index (Phi) is 5.14. The van der Waals surface area contributed by atoms with Crippen molar-refractivity contribution in [3.8, 4) is 0 Å². The number of morpholine rings is 1. The summed E-state index contributed by atoms with van der Waals surface area (Å²) in [5.74, 6) is 0. The third-order valence-electron chi connectivity index (χ3n) is 2.97. The van der Waals surface area contributed by atoms with Crippen LogP contribution in [0.5, 0.6) is 0 Å². The van der Waals surface area contributed by atoms with Gasteiger partial charge in [0.05, 0.1) is 32.0 Å². The van der Waals surface area contributed by atoms with E-state index < -0.39 is 5.41 Å². The predicted octanol–water partition coefficient (Wildman–Crippen LogP) is -0.941. The number of nitrogens with zero attached hydrogens (tertiary/aromatic N) is 1. The SMILES string of the molecule is CC1CN(CC(C)(CO)CO)CC(CO)O1. The van der Waals surface area contributed by atoms with Gasteiger partial charge in [0.15, 0.2) is 0 Å². The van der Waals surface area contributed by atoms with E-state index in [2.05, 4.69) is 4.90 Å². The molecular formula is C11H23NO4. The van der Waals surface area contributed by atoms with Gasteiger partial charge < -0.3 is 20.1 Å². The van der Waals surface area contributed by atoms with Crippen molar-refractivity contribution < 1.29 is 20.1 Å². The molecule has 1 fully saturated rings.